The molecule has 2 N–H and O–H groups in total. The Hall–Kier alpha value is -2.70. The molecule has 7 heteroatoms. The maximum absolute atomic E-state index is 12.2. The van der Waals surface area contributed by atoms with E-state index in [9.17, 15) is 19.5 Å². The highest BCUT2D eigenvalue weighted by Crippen LogP contribution is 2.41. The van der Waals surface area contributed by atoms with Crippen LogP contribution in [-0.4, -0.2) is 41.8 Å². The summed E-state index contributed by atoms with van der Waals surface area (Å²) in [6.07, 6.45) is 1.52. The molecule has 0 aliphatic heterocycles. The monoisotopic (exact) mass is 374 g/mol. The van der Waals surface area contributed by atoms with E-state index in [0.717, 1.165) is 5.56 Å². The SMILES string of the molecule is COC(=O)[C@H](C[C@@]1(C(=O)O)CCCC1=N[C@@H](C)c1ccccc1)NC(C)=O. The van der Waals surface area contributed by atoms with Crippen LogP contribution in [0, 0.1) is 5.41 Å². The van der Waals surface area contributed by atoms with Crippen molar-refractivity contribution in [3.8, 4) is 0 Å². The van der Waals surface area contributed by atoms with Gasteiger partial charge in [-0.3, -0.25) is 14.6 Å². The van der Waals surface area contributed by atoms with Gasteiger partial charge in [-0.15, -0.1) is 0 Å². The Labute approximate surface area is 158 Å². The van der Waals surface area contributed by atoms with Crippen molar-refractivity contribution >= 4 is 23.6 Å². The molecule has 1 aliphatic rings. The Bertz CT molecular complexity index is 731. The minimum atomic E-state index is -1.29. The fourth-order valence-corrected chi connectivity index (χ4v) is 3.64. The van der Waals surface area contributed by atoms with Gasteiger partial charge in [0.2, 0.25) is 5.91 Å². The van der Waals surface area contributed by atoms with Crippen LogP contribution in [0.5, 0.6) is 0 Å². The Morgan fingerprint density at radius 2 is 1.96 bits per heavy atom. The molecule has 2 rings (SSSR count). The maximum Gasteiger partial charge on any atom is 0.328 e. The van der Waals surface area contributed by atoms with Gasteiger partial charge in [-0.2, -0.15) is 0 Å². The molecular formula is C20H26N2O5. The predicted octanol–water partition coefficient (Wildman–Crippen LogP) is 2.51. The molecular weight excluding hydrogens is 348 g/mol. The van der Waals surface area contributed by atoms with E-state index in [1.165, 1.54) is 14.0 Å². The number of carboxylic acid groups (broad SMARTS) is 1. The molecule has 0 spiro atoms. The number of aliphatic imine (C=N–C) groups is 1. The van der Waals surface area contributed by atoms with Gasteiger partial charge in [-0.1, -0.05) is 30.3 Å². The van der Waals surface area contributed by atoms with Crippen molar-refractivity contribution in [3.63, 3.8) is 0 Å². The summed E-state index contributed by atoms with van der Waals surface area (Å²) in [5.74, 6) is -2.11. The topological polar surface area (TPSA) is 105 Å². The number of hydrogen-bond acceptors (Lipinski definition) is 5. The minimum Gasteiger partial charge on any atom is -0.481 e. The van der Waals surface area contributed by atoms with Crippen molar-refractivity contribution < 1.29 is 24.2 Å². The molecule has 1 aromatic rings. The Kier molecular flexibility index (Phi) is 6.71. The zero-order valence-corrected chi connectivity index (χ0v) is 15.9. The summed E-state index contributed by atoms with van der Waals surface area (Å²) >= 11 is 0. The van der Waals surface area contributed by atoms with Gasteiger partial charge in [0.1, 0.15) is 11.5 Å². The standard InChI is InChI=1S/C20H26N2O5/c1-13(15-8-5-4-6-9-15)21-17-10-7-11-20(17,19(25)26)12-16(18(24)27-3)22-14(2)23/h4-6,8-9,13,16H,7,10-12H2,1-3H3,(H,22,23)(H,25,26)/t13-,16-,20-/m0/s1. The van der Waals surface area contributed by atoms with E-state index in [1.807, 2.05) is 37.3 Å². The van der Waals surface area contributed by atoms with Crippen LogP contribution in [0.2, 0.25) is 0 Å². The highest BCUT2D eigenvalue weighted by molar-refractivity contribution is 6.08. The van der Waals surface area contributed by atoms with Crippen molar-refractivity contribution in [3.05, 3.63) is 35.9 Å². The number of rotatable bonds is 7. The average Bonchev–Trinajstić information content (AvgIpc) is 3.04. The second-order valence-electron chi connectivity index (χ2n) is 6.88. The number of benzene rings is 1. The lowest BCUT2D eigenvalue weighted by molar-refractivity contribution is -0.149. The van der Waals surface area contributed by atoms with Gasteiger partial charge >= 0.3 is 11.9 Å². The number of ether oxygens (including phenoxy) is 1. The van der Waals surface area contributed by atoms with Crippen LogP contribution in [0.25, 0.3) is 0 Å². The summed E-state index contributed by atoms with van der Waals surface area (Å²) in [6.45, 7) is 3.20. The van der Waals surface area contributed by atoms with Crippen molar-refractivity contribution in [2.24, 2.45) is 10.4 Å². The molecule has 1 aliphatic carbocycles. The zero-order chi connectivity index (χ0) is 20.0. The third kappa shape index (κ3) is 4.72. The molecule has 7 nitrogen and oxygen atoms in total. The van der Waals surface area contributed by atoms with E-state index in [4.69, 9.17) is 9.73 Å². The fourth-order valence-electron chi connectivity index (χ4n) is 3.64. The Morgan fingerprint density at radius 3 is 2.52 bits per heavy atom. The quantitative estimate of drug-likeness (QED) is 0.714. The van der Waals surface area contributed by atoms with Crippen molar-refractivity contribution in [2.75, 3.05) is 7.11 Å². The second kappa shape index (κ2) is 8.79. The summed E-state index contributed by atoms with van der Waals surface area (Å²) in [5.41, 5.74) is 0.262. The lowest BCUT2D eigenvalue weighted by Gasteiger charge is -2.29. The summed E-state index contributed by atoms with van der Waals surface area (Å²) < 4.78 is 4.75. The molecule has 1 aromatic carbocycles. The van der Waals surface area contributed by atoms with E-state index in [1.54, 1.807) is 0 Å². The number of carbonyl (C=O) groups is 3. The van der Waals surface area contributed by atoms with Crippen molar-refractivity contribution in [2.45, 2.75) is 51.6 Å². The maximum atomic E-state index is 12.2. The number of carboxylic acids is 1. The molecule has 0 saturated heterocycles. The van der Waals surface area contributed by atoms with Crippen LogP contribution < -0.4 is 5.32 Å². The fraction of sp³-hybridized carbons (Fsp3) is 0.500. The van der Waals surface area contributed by atoms with Crippen LogP contribution in [0.15, 0.2) is 35.3 Å². The summed E-state index contributed by atoms with van der Waals surface area (Å²) in [4.78, 5) is 40.5. The number of aliphatic carboxylic acids is 1. The van der Waals surface area contributed by atoms with Gasteiger partial charge in [0.05, 0.1) is 13.2 Å². The molecule has 27 heavy (non-hydrogen) atoms. The number of amides is 1. The third-order valence-electron chi connectivity index (χ3n) is 5.03. The van der Waals surface area contributed by atoms with Gasteiger partial charge < -0.3 is 15.2 Å². The normalized spacial score (nSPS) is 22.9. The lowest BCUT2D eigenvalue weighted by Crippen LogP contribution is -2.48. The molecule has 0 heterocycles. The minimum absolute atomic E-state index is 0.0745. The molecule has 1 amide bonds. The summed E-state index contributed by atoms with van der Waals surface area (Å²) in [6, 6.07) is 8.40. The van der Waals surface area contributed by atoms with Gasteiger partial charge in [-0.05, 0) is 38.2 Å². The number of nitrogens with one attached hydrogen (secondary N) is 1. The molecule has 0 aromatic heterocycles. The molecule has 1 saturated carbocycles. The Balaban J connectivity index is 2.36. The second-order valence-corrected chi connectivity index (χ2v) is 6.88. The number of methoxy groups -OCH3 is 1. The first kappa shape index (κ1) is 20.6. The predicted molar refractivity (Wildman–Crippen MR) is 100 cm³/mol. The van der Waals surface area contributed by atoms with Crippen molar-refractivity contribution in [1.29, 1.82) is 0 Å². The first-order valence-electron chi connectivity index (χ1n) is 9.00. The third-order valence-corrected chi connectivity index (χ3v) is 5.03. The van der Waals surface area contributed by atoms with E-state index in [2.05, 4.69) is 5.32 Å². The number of hydrogen-bond donors (Lipinski definition) is 2. The summed E-state index contributed by atoms with van der Waals surface area (Å²) in [5, 5.41) is 12.5. The van der Waals surface area contributed by atoms with Crippen LogP contribution in [-0.2, 0) is 19.1 Å². The van der Waals surface area contributed by atoms with Gasteiger partial charge in [0.25, 0.3) is 0 Å². The highest BCUT2D eigenvalue weighted by atomic mass is 16.5. The van der Waals surface area contributed by atoms with E-state index >= 15 is 0 Å². The smallest absolute Gasteiger partial charge is 0.328 e. The Morgan fingerprint density at radius 1 is 1.30 bits per heavy atom. The number of esters is 1. The first-order chi connectivity index (χ1) is 12.8. The van der Waals surface area contributed by atoms with E-state index < -0.39 is 29.3 Å². The van der Waals surface area contributed by atoms with E-state index in [-0.39, 0.29) is 12.5 Å². The van der Waals surface area contributed by atoms with Crippen LogP contribution >= 0.6 is 0 Å². The summed E-state index contributed by atoms with van der Waals surface area (Å²) in [7, 11) is 1.21. The lowest BCUT2D eigenvalue weighted by atomic mass is 9.78. The number of nitrogens with zero attached hydrogens (tertiary/aromatic N) is 1. The van der Waals surface area contributed by atoms with Crippen LogP contribution in [0.3, 0.4) is 0 Å². The largest absolute Gasteiger partial charge is 0.481 e. The van der Waals surface area contributed by atoms with E-state index in [0.29, 0.717) is 25.0 Å². The van der Waals surface area contributed by atoms with Gasteiger partial charge in [0, 0.05) is 12.6 Å². The van der Waals surface area contributed by atoms with Crippen molar-refractivity contribution in [1.82, 2.24) is 5.32 Å². The van der Waals surface area contributed by atoms with Crippen LogP contribution in [0.4, 0.5) is 0 Å². The highest BCUT2D eigenvalue weighted by Gasteiger charge is 2.49. The zero-order valence-electron chi connectivity index (χ0n) is 15.9. The molecule has 0 radical (unpaired) electrons. The van der Waals surface area contributed by atoms with Gasteiger partial charge in [0.15, 0.2) is 0 Å². The molecule has 1 fully saturated rings. The van der Waals surface area contributed by atoms with Gasteiger partial charge in [-0.25, -0.2) is 4.79 Å². The molecule has 3 atom stereocenters. The first-order valence-corrected chi connectivity index (χ1v) is 9.00. The van der Waals surface area contributed by atoms with Crippen LogP contribution in [0.1, 0.15) is 51.1 Å². The average molecular weight is 374 g/mol. The molecule has 146 valence electrons. The molecule has 0 unspecified atom stereocenters. The molecule has 0 bridgehead atoms. The number of carbonyl (C=O) groups excluding carboxylic acids is 2.